The molecule has 116 valence electrons. The number of ether oxygens (including phenoxy) is 1. The summed E-state index contributed by atoms with van der Waals surface area (Å²) in [5, 5.41) is 8.80. The summed E-state index contributed by atoms with van der Waals surface area (Å²) in [6, 6.07) is 5.82. The Morgan fingerprint density at radius 2 is 1.95 bits per heavy atom. The minimum Gasteiger partial charge on any atom is -0.478 e. The van der Waals surface area contributed by atoms with Crippen LogP contribution in [0, 0.1) is 0 Å². The molecule has 0 aromatic heterocycles. The number of hydrogen-bond acceptors (Lipinski definition) is 4. The van der Waals surface area contributed by atoms with Gasteiger partial charge in [0.1, 0.15) is 0 Å². The maximum atomic E-state index is 12.0. The Labute approximate surface area is 124 Å². The molecular weight excluding hydrogens is 294 g/mol. The first-order chi connectivity index (χ1) is 9.86. The van der Waals surface area contributed by atoms with Gasteiger partial charge in [-0.05, 0) is 37.0 Å². The lowest BCUT2D eigenvalue weighted by Crippen LogP contribution is -2.49. The number of carboxylic acid groups (broad SMARTS) is 1. The zero-order valence-corrected chi connectivity index (χ0v) is 12.6. The van der Waals surface area contributed by atoms with E-state index in [2.05, 4.69) is 4.72 Å². The number of nitrogens with one attached hydrogen (secondary N) is 1. The van der Waals surface area contributed by atoms with E-state index < -0.39 is 16.0 Å². The fourth-order valence-electron chi connectivity index (χ4n) is 2.28. The predicted molar refractivity (Wildman–Crippen MR) is 77.6 cm³/mol. The molecule has 21 heavy (non-hydrogen) atoms. The third-order valence-corrected chi connectivity index (χ3v) is 5.17. The standard InChI is InChI=1S/C14H19NO5S/c1-20-14(7-2-8-14)10-15-21(18,19)9-11-3-5-12(6-4-11)13(16)17/h3-6,15H,2,7-10H2,1H3,(H,16,17). The van der Waals surface area contributed by atoms with Gasteiger partial charge in [-0.25, -0.2) is 17.9 Å². The van der Waals surface area contributed by atoms with Crippen molar-refractivity contribution in [1.29, 1.82) is 0 Å². The Morgan fingerprint density at radius 1 is 1.33 bits per heavy atom. The molecule has 0 atom stereocenters. The van der Waals surface area contributed by atoms with Gasteiger partial charge in [-0.3, -0.25) is 0 Å². The molecule has 0 bridgehead atoms. The summed E-state index contributed by atoms with van der Waals surface area (Å²) in [7, 11) is -1.87. The predicted octanol–water partition coefficient (Wildman–Crippen LogP) is 1.37. The molecule has 1 saturated carbocycles. The summed E-state index contributed by atoms with van der Waals surface area (Å²) >= 11 is 0. The van der Waals surface area contributed by atoms with Crippen molar-refractivity contribution in [3.63, 3.8) is 0 Å². The largest absolute Gasteiger partial charge is 0.478 e. The van der Waals surface area contributed by atoms with E-state index in [4.69, 9.17) is 9.84 Å². The maximum absolute atomic E-state index is 12.0. The smallest absolute Gasteiger partial charge is 0.335 e. The van der Waals surface area contributed by atoms with Crippen molar-refractivity contribution in [3.8, 4) is 0 Å². The van der Waals surface area contributed by atoms with Crippen molar-refractivity contribution in [2.45, 2.75) is 30.6 Å². The van der Waals surface area contributed by atoms with Gasteiger partial charge >= 0.3 is 5.97 Å². The van der Waals surface area contributed by atoms with Crippen molar-refractivity contribution >= 4 is 16.0 Å². The van der Waals surface area contributed by atoms with E-state index in [1.54, 1.807) is 7.11 Å². The SMILES string of the molecule is COC1(CNS(=O)(=O)Cc2ccc(C(=O)O)cc2)CCC1. The van der Waals surface area contributed by atoms with Crippen LogP contribution < -0.4 is 4.72 Å². The van der Waals surface area contributed by atoms with Crippen LogP contribution in [0.3, 0.4) is 0 Å². The van der Waals surface area contributed by atoms with Gasteiger partial charge in [-0.2, -0.15) is 0 Å². The number of carbonyl (C=O) groups is 1. The quantitative estimate of drug-likeness (QED) is 0.793. The van der Waals surface area contributed by atoms with E-state index in [0.29, 0.717) is 5.56 Å². The summed E-state index contributed by atoms with van der Waals surface area (Å²) in [5.41, 5.74) is 0.324. The molecule has 1 aliphatic rings. The zero-order chi connectivity index (χ0) is 15.5. The highest BCUT2D eigenvalue weighted by Crippen LogP contribution is 2.34. The Kier molecular flexibility index (Phi) is 4.65. The summed E-state index contributed by atoms with van der Waals surface area (Å²) < 4.78 is 32.0. The van der Waals surface area contributed by atoms with Crippen LogP contribution in [-0.2, 0) is 20.5 Å². The lowest BCUT2D eigenvalue weighted by Gasteiger charge is -2.40. The normalized spacial score (nSPS) is 17.2. The lowest BCUT2D eigenvalue weighted by atomic mass is 9.80. The van der Waals surface area contributed by atoms with E-state index in [9.17, 15) is 13.2 Å². The Bertz CT molecular complexity index is 599. The highest BCUT2D eigenvalue weighted by atomic mass is 32.2. The summed E-state index contributed by atoms with van der Waals surface area (Å²) in [4.78, 5) is 10.7. The number of aromatic carboxylic acids is 1. The van der Waals surface area contributed by atoms with Gasteiger partial charge in [0.05, 0.1) is 16.9 Å². The third kappa shape index (κ3) is 4.03. The van der Waals surface area contributed by atoms with E-state index in [-0.39, 0.29) is 23.5 Å². The van der Waals surface area contributed by atoms with Gasteiger partial charge in [0.2, 0.25) is 10.0 Å². The fraction of sp³-hybridized carbons (Fsp3) is 0.500. The minimum absolute atomic E-state index is 0.136. The molecule has 0 saturated heterocycles. The molecule has 1 aromatic rings. The van der Waals surface area contributed by atoms with Crippen LogP contribution in [0.1, 0.15) is 35.2 Å². The van der Waals surface area contributed by atoms with Crippen LogP contribution >= 0.6 is 0 Å². The molecule has 1 fully saturated rings. The first-order valence-corrected chi connectivity index (χ1v) is 8.36. The van der Waals surface area contributed by atoms with Crippen molar-refractivity contribution in [3.05, 3.63) is 35.4 Å². The summed E-state index contributed by atoms with van der Waals surface area (Å²) in [6.07, 6.45) is 2.77. The number of rotatable bonds is 7. The van der Waals surface area contributed by atoms with Gasteiger partial charge in [0, 0.05) is 13.7 Å². The highest BCUT2D eigenvalue weighted by Gasteiger charge is 2.37. The molecule has 6 nitrogen and oxygen atoms in total. The molecule has 0 radical (unpaired) electrons. The van der Waals surface area contributed by atoms with Crippen LogP contribution in [0.2, 0.25) is 0 Å². The van der Waals surface area contributed by atoms with Crippen LogP contribution in [0.15, 0.2) is 24.3 Å². The van der Waals surface area contributed by atoms with Gasteiger partial charge in [-0.15, -0.1) is 0 Å². The highest BCUT2D eigenvalue weighted by molar-refractivity contribution is 7.88. The van der Waals surface area contributed by atoms with Crippen LogP contribution in [-0.4, -0.2) is 38.7 Å². The van der Waals surface area contributed by atoms with Gasteiger partial charge < -0.3 is 9.84 Å². The molecule has 0 heterocycles. The molecule has 1 aliphatic carbocycles. The Balaban J connectivity index is 1.95. The molecular formula is C14H19NO5S. The second-order valence-electron chi connectivity index (χ2n) is 5.32. The average Bonchev–Trinajstić information content (AvgIpc) is 2.38. The van der Waals surface area contributed by atoms with E-state index in [1.807, 2.05) is 0 Å². The van der Waals surface area contributed by atoms with Gasteiger partial charge in [0.25, 0.3) is 0 Å². The van der Waals surface area contributed by atoms with E-state index in [0.717, 1.165) is 19.3 Å². The summed E-state index contributed by atoms with van der Waals surface area (Å²) in [6.45, 7) is 0.277. The van der Waals surface area contributed by atoms with E-state index >= 15 is 0 Å². The number of benzene rings is 1. The van der Waals surface area contributed by atoms with Gasteiger partial charge in [-0.1, -0.05) is 12.1 Å². The second-order valence-corrected chi connectivity index (χ2v) is 7.13. The topological polar surface area (TPSA) is 92.7 Å². The lowest BCUT2D eigenvalue weighted by molar-refractivity contribution is -0.0659. The minimum atomic E-state index is -3.46. The second kappa shape index (κ2) is 6.13. The number of sulfonamides is 1. The van der Waals surface area contributed by atoms with Crippen molar-refractivity contribution in [2.75, 3.05) is 13.7 Å². The summed E-state index contributed by atoms with van der Waals surface area (Å²) in [5.74, 6) is -1.21. The fourth-order valence-corrected chi connectivity index (χ4v) is 3.50. The molecule has 0 aliphatic heterocycles. The molecule has 7 heteroatoms. The van der Waals surface area contributed by atoms with Crippen molar-refractivity contribution < 1.29 is 23.1 Å². The third-order valence-electron chi connectivity index (χ3n) is 3.87. The van der Waals surface area contributed by atoms with Gasteiger partial charge in [0.15, 0.2) is 0 Å². The molecule has 2 N–H and O–H groups in total. The van der Waals surface area contributed by atoms with Crippen LogP contribution in [0.25, 0.3) is 0 Å². The molecule has 2 rings (SSSR count). The molecule has 1 aromatic carbocycles. The van der Waals surface area contributed by atoms with Crippen LogP contribution in [0.5, 0.6) is 0 Å². The van der Waals surface area contributed by atoms with Crippen molar-refractivity contribution in [2.24, 2.45) is 0 Å². The zero-order valence-electron chi connectivity index (χ0n) is 11.8. The van der Waals surface area contributed by atoms with E-state index in [1.165, 1.54) is 24.3 Å². The van der Waals surface area contributed by atoms with Crippen LogP contribution in [0.4, 0.5) is 0 Å². The number of carboxylic acids is 1. The molecule has 0 spiro atoms. The first kappa shape index (κ1) is 15.9. The maximum Gasteiger partial charge on any atom is 0.335 e. The average molecular weight is 313 g/mol. The monoisotopic (exact) mass is 313 g/mol. The Hall–Kier alpha value is -1.44. The molecule has 0 amide bonds. The number of hydrogen-bond donors (Lipinski definition) is 2. The first-order valence-electron chi connectivity index (χ1n) is 6.71. The Morgan fingerprint density at radius 3 is 2.38 bits per heavy atom. The molecule has 0 unspecified atom stereocenters. The van der Waals surface area contributed by atoms with Crippen molar-refractivity contribution in [1.82, 2.24) is 4.72 Å². The number of methoxy groups -OCH3 is 1.